The van der Waals surface area contributed by atoms with Gasteiger partial charge < -0.3 is 10.1 Å². The van der Waals surface area contributed by atoms with E-state index in [0.29, 0.717) is 30.0 Å². The molecule has 3 rings (SSSR count). The second-order valence-corrected chi connectivity index (χ2v) is 4.61. The van der Waals surface area contributed by atoms with Crippen molar-refractivity contribution in [3.8, 4) is 5.75 Å². The van der Waals surface area contributed by atoms with Gasteiger partial charge in [0.25, 0.3) is 0 Å². The SMILES string of the molecule is Fc1cc(F)c2nccc(NCCOc3cccnc3)c2c1. The third-order valence-electron chi connectivity index (χ3n) is 3.08. The van der Waals surface area contributed by atoms with E-state index >= 15 is 0 Å². The molecule has 6 heteroatoms. The van der Waals surface area contributed by atoms with E-state index in [1.807, 2.05) is 0 Å². The van der Waals surface area contributed by atoms with Gasteiger partial charge in [-0.3, -0.25) is 9.97 Å². The summed E-state index contributed by atoms with van der Waals surface area (Å²) in [6, 6.07) is 7.34. The molecular formula is C16H13F2N3O. The van der Waals surface area contributed by atoms with Crippen molar-refractivity contribution in [3.63, 3.8) is 0 Å². The van der Waals surface area contributed by atoms with Crippen molar-refractivity contribution in [2.75, 3.05) is 18.5 Å². The van der Waals surface area contributed by atoms with Gasteiger partial charge in [0.05, 0.1) is 6.20 Å². The minimum Gasteiger partial charge on any atom is -0.490 e. The van der Waals surface area contributed by atoms with Gasteiger partial charge in [-0.1, -0.05) is 0 Å². The Morgan fingerprint density at radius 1 is 1.14 bits per heavy atom. The normalized spacial score (nSPS) is 10.6. The third-order valence-corrected chi connectivity index (χ3v) is 3.08. The number of halogens is 2. The maximum Gasteiger partial charge on any atom is 0.152 e. The average molecular weight is 301 g/mol. The van der Waals surface area contributed by atoms with Crippen LogP contribution in [0.2, 0.25) is 0 Å². The lowest BCUT2D eigenvalue weighted by molar-refractivity contribution is 0.331. The molecular weight excluding hydrogens is 288 g/mol. The number of nitrogens with zero attached hydrogens (tertiary/aromatic N) is 2. The molecule has 0 aliphatic carbocycles. The van der Waals surface area contributed by atoms with Crippen LogP contribution in [0.25, 0.3) is 10.9 Å². The van der Waals surface area contributed by atoms with Gasteiger partial charge in [-0.25, -0.2) is 8.78 Å². The topological polar surface area (TPSA) is 47.0 Å². The van der Waals surface area contributed by atoms with Crippen LogP contribution in [0, 0.1) is 11.6 Å². The predicted octanol–water partition coefficient (Wildman–Crippen LogP) is 3.40. The molecule has 0 spiro atoms. The first-order chi connectivity index (χ1) is 10.7. The van der Waals surface area contributed by atoms with E-state index in [1.54, 1.807) is 30.6 Å². The predicted molar refractivity (Wildman–Crippen MR) is 79.9 cm³/mol. The Labute approximate surface area is 125 Å². The molecule has 0 atom stereocenters. The second-order valence-electron chi connectivity index (χ2n) is 4.61. The van der Waals surface area contributed by atoms with E-state index in [-0.39, 0.29) is 5.52 Å². The highest BCUT2D eigenvalue weighted by atomic mass is 19.1. The standard InChI is InChI=1S/C16H13F2N3O/c17-11-8-13-15(3-5-21-16(13)14(18)9-11)20-6-7-22-12-2-1-4-19-10-12/h1-5,8-10H,6-7H2,(H,20,21). The zero-order valence-electron chi connectivity index (χ0n) is 11.6. The lowest BCUT2D eigenvalue weighted by atomic mass is 10.1. The Hall–Kier alpha value is -2.76. The van der Waals surface area contributed by atoms with Crippen molar-refractivity contribution in [2.45, 2.75) is 0 Å². The molecule has 0 saturated carbocycles. The Balaban J connectivity index is 1.69. The number of ether oxygens (including phenoxy) is 1. The lowest BCUT2D eigenvalue weighted by Gasteiger charge is -2.10. The van der Waals surface area contributed by atoms with Gasteiger partial charge in [0.2, 0.25) is 0 Å². The fraction of sp³-hybridized carbons (Fsp3) is 0.125. The van der Waals surface area contributed by atoms with E-state index in [4.69, 9.17) is 4.74 Å². The van der Waals surface area contributed by atoms with Crippen molar-refractivity contribution in [2.24, 2.45) is 0 Å². The summed E-state index contributed by atoms with van der Waals surface area (Å²) in [6.07, 6.45) is 4.76. The molecule has 22 heavy (non-hydrogen) atoms. The van der Waals surface area contributed by atoms with Crippen molar-refractivity contribution < 1.29 is 13.5 Å². The summed E-state index contributed by atoms with van der Waals surface area (Å²) in [7, 11) is 0. The summed E-state index contributed by atoms with van der Waals surface area (Å²) in [5, 5.41) is 3.50. The summed E-state index contributed by atoms with van der Waals surface area (Å²) < 4.78 is 32.5. The second kappa shape index (κ2) is 6.34. The molecule has 0 radical (unpaired) electrons. The molecule has 1 N–H and O–H groups in total. The Kier molecular flexibility index (Phi) is 4.09. The molecule has 2 aromatic heterocycles. The summed E-state index contributed by atoms with van der Waals surface area (Å²) >= 11 is 0. The molecule has 2 heterocycles. The van der Waals surface area contributed by atoms with Gasteiger partial charge in [-0.15, -0.1) is 0 Å². The minimum absolute atomic E-state index is 0.138. The van der Waals surface area contributed by atoms with Crippen LogP contribution >= 0.6 is 0 Å². The van der Waals surface area contributed by atoms with Crippen molar-refractivity contribution in [3.05, 3.63) is 60.6 Å². The molecule has 0 fully saturated rings. The van der Waals surface area contributed by atoms with Crippen LogP contribution in [0.15, 0.2) is 48.9 Å². The Morgan fingerprint density at radius 2 is 2.05 bits per heavy atom. The zero-order chi connectivity index (χ0) is 15.4. The first kappa shape index (κ1) is 14.2. The smallest absolute Gasteiger partial charge is 0.152 e. The van der Waals surface area contributed by atoms with Crippen molar-refractivity contribution in [1.29, 1.82) is 0 Å². The van der Waals surface area contributed by atoms with E-state index in [9.17, 15) is 8.78 Å². The monoisotopic (exact) mass is 301 g/mol. The number of anilines is 1. The van der Waals surface area contributed by atoms with E-state index in [2.05, 4.69) is 15.3 Å². The minimum atomic E-state index is -0.676. The van der Waals surface area contributed by atoms with Crippen LogP contribution in [0.3, 0.4) is 0 Å². The summed E-state index contributed by atoms with van der Waals surface area (Å²) in [6.45, 7) is 0.874. The van der Waals surface area contributed by atoms with Crippen molar-refractivity contribution in [1.82, 2.24) is 9.97 Å². The van der Waals surface area contributed by atoms with Gasteiger partial charge in [0.15, 0.2) is 5.82 Å². The molecule has 0 unspecified atom stereocenters. The van der Waals surface area contributed by atoms with Crippen LogP contribution in [-0.4, -0.2) is 23.1 Å². The molecule has 112 valence electrons. The lowest BCUT2D eigenvalue weighted by Crippen LogP contribution is -2.12. The van der Waals surface area contributed by atoms with Gasteiger partial charge in [0.1, 0.15) is 23.7 Å². The number of fused-ring (bicyclic) bond motifs is 1. The highest BCUT2D eigenvalue weighted by Gasteiger charge is 2.08. The first-order valence-electron chi connectivity index (χ1n) is 6.74. The van der Waals surface area contributed by atoms with Crippen LogP contribution in [0.5, 0.6) is 5.75 Å². The van der Waals surface area contributed by atoms with Crippen LogP contribution in [-0.2, 0) is 0 Å². The number of benzene rings is 1. The van der Waals surface area contributed by atoms with Gasteiger partial charge >= 0.3 is 0 Å². The summed E-state index contributed by atoms with van der Waals surface area (Å²) in [4.78, 5) is 7.88. The Bertz CT molecular complexity index is 781. The summed E-state index contributed by atoms with van der Waals surface area (Å²) in [5.74, 6) is -0.640. The van der Waals surface area contributed by atoms with Crippen LogP contribution in [0.4, 0.5) is 14.5 Å². The maximum atomic E-state index is 13.7. The summed E-state index contributed by atoms with van der Waals surface area (Å²) in [5.41, 5.74) is 0.748. The van der Waals surface area contributed by atoms with E-state index in [1.165, 1.54) is 12.3 Å². The fourth-order valence-electron chi connectivity index (χ4n) is 2.12. The molecule has 0 amide bonds. The number of rotatable bonds is 5. The Morgan fingerprint density at radius 3 is 2.86 bits per heavy atom. The molecule has 0 aliphatic rings. The maximum absolute atomic E-state index is 13.7. The third kappa shape index (κ3) is 3.11. The number of aromatic nitrogens is 2. The quantitative estimate of drug-likeness (QED) is 0.734. The molecule has 1 aromatic carbocycles. The van der Waals surface area contributed by atoms with Gasteiger partial charge in [-0.05, 0) is 24.3 Å². The first-order valence-corrected chi connectivity index (χ1v) is 6.74. The number of hydrogen-bond donors (Lipinski definition) is 1. The molecule has 4 nitrogen and oxygen atoms in total. The largest absolute Gasteiger partial charge is 0.490 e. The molecule has 0 saturated heterocycles. The zero-order valence-corrected chi connectivity index (χ0v) is 11.6. The van der Waals surface area contributed by atoms with Crippen molar-refractivity contribution >= 4 is 16.6 Å². The highest BCUT2D eigenvalue weighted by molar-refractivity contribution is 5.91. The number of nitrogens with one attached hydrogen (secondary N) is 1. The van der Waals surface area contributed by atoms with Gasteiger partial charge in [0, 0.05) is 36.1 Å². The van der Waals surface area contributed by atoms with Crippen LogP contribution in [0.1, 0.15) is 0 Å². The average Bonchev–Trinajstić information content (AvgIpc) is 2.53. The van der Waals surface area contributed by atoms with Crippen LogP contribution < -0.4 is 10.1 Å². The molecule has 0 bridgehead atoms. The van der Waals surface area contributed by atoms with E-state index < -0.39 is 11.6 Å². The highest BCUT2D eigenvalue weighted by Crippen LogP contribution is 2.24. The number of hydrogen-bond acceptors (Lipinski definition) is 4. The van der Waals surface area contributed by atoms with E-state index in [0.717, 1.165) is 6.07 Å². The van der Waals surface area contributed by atoms with Gasteiger partial charge in [-0.2, -0.15) is 0 Å². The molecule has 3 aromatic rings. The molecule has 0 aliphatic heterocycles. The number of pyridine rings is 2. The fourth-order valence-corrected chi connectivity index (χ4v) is 2.12.